The average Bonchev–Trinajstić information content (AvgIpc) is 3.08. The topological polar surface area (TPSA) is 46.9 Å². The van der Waals surface area contributed by atoms with Crippen LogP contribution >= 0.6 is 0 Å². The van der Waals surface area contributed by atoms with Gasteiger partial charge in [0.2, 0.25) is 5.91 Å². The molecule has 1 atom stereocenters. The first-order valence-electron chi connectivity index (χ1n) is 11.4. The maximum absolute atomic E-state index is 12.2. The molecule has 1 saturated carbocycles. The van der Waals surface area contributed by atoms with Crippen LogP contribution in [0.4, 0.5) is 0 Å². The lowest BCUT2D eigenvalue weighted by Gasteiger charge is -2.20. The Hall–Kier alpha value is -1.84. The molecule has 1 fully saturated rings. The van der Waals surface area contributed by atoms with Crippen molar-refractivity contribution >= 4 is 16.9 Å². The highest BCUT2D eigenvalue weighted by Crippen LogP contribution is 2.23. The Kier molecular flexibility index (Phi) is 7.93. The molecule has 0 aliphatic heterocycles. The molecule has 1 aromatic heterocycles. The zero-order chi connectivity index (χ0) is 19.8. The third-order valence-electron chi connectivity index (χ3n) is 6.28. The van der Waals surface area contributed by atoms with Gasteiger partial charge in [-0.25, -0.2) is 4.98 Å². The number of benzene rings is 1. The number of para-hydroxylation sites is 2. The van der Waals surface area contributed by atoms with Crippen LogP contribution in [0.25, 0.3) is 11.0 Å². The lowest BCUT2D eigenvalue weighted by molar-refractivity contribution is -0.125. The lowest BCUT2D eigenvalue weighted by Crippen LogP contribution is -2.32. The van der Waals surface area contributed by atoms with E-state index in [1.165, 1.54) is 37.0 Å². The molecule has 1 heterocycles. The van der Waals surface area contributed by atoms with Gasteiger partial charge < -0.3 is 9.88 Å². The number of carbonyl (C=O) groups is 1. The van der Waals surface area contributed by atoms with E-state index in [1.807, 2.05) is 0 Å². The van der Waals surface area contributed by atoms with E-state index in [-0.39, 0.29) is 11.8 Å². The third kappa shape index (κ3) is 5.59. The van der Waals surface area contributed by atoms with Crippen LogP contribution in [0.15, 0.2) is 24.3 Å². The Balaban J connectivity index is 1.44. The molecule has 1 aliphatic rings. The van der Waals surface area contributed by atoms with Crippen molar-refractivity contribution in [3.63, 3.8) is 0 Å². The monoisotopic (exact) mass is 383 g/mol. The molecule has 154 valence electrons. The van der Waals surface area contributed by atoms with Gasteiger partial charge in [-0.1, -0.05) is 58.1 Å². The van der Waals surface area contributed by atoms with Gasteiger partial charge in [0.25, 0.3) is 0 Å². The van der Waals surface area contributed by atoms with Crippen molar-refractivity contribution in [2.45, 2.75) is 84.6 Å². The standard InChI is InChI=1S/C24H37N3O/c1-3-19(2)18-27-22-15-10-9-14-21(22)26-23(27)16-8-5-11-17-25-24(28)20-12-6-4-7-13-20/h9-10,14-15,19-20H,3-8,11-13,16-18H2,1-2H3,(H,25,28). The van der Waals surface area contributed by atoms with E-state index in [9.17, 15) is 4.79 Å². The normalized spacial score (nSPS) is 16.4. The summed E-state index contributed by atoms with van der Waals surface area (Å²) < 4.78 is 2.42. The van der Waals surface area contributed by atoms with Crippen molar-refractivity contribution in [1.82, 2.24) is 14.9 Å². The van der Waals surface area contributed by atoms with Crippen LogP contribution in [0.1, 0.15) is 77.5 Å². The molecule has 0 spiro atoms. The molecule has 4 nitrogen and oxygen atoms in total. The van der Waals surface area contributed by atoms with E-state index in [0.717, 1.165) is 57.1 Å². The van der Waals surface area contributed by atoms with E-state index < -0.39 is 0 Å². The Labute approximate surface area is 170 Å². The number of aromatic nitrogens is 2. The minimum Gasteiger partial charge on any atom is -0.356 e. The van der Waals surface area contributed by atoms with Crippen molar-refractivity contribution in [3.8, 4) is 0 Å². The number of unbranched alkanes of at least 4 members (excludes halogenated alkanes) is 2. The highest BCUT2D eigenvalue weighted by atomic mass is 16.1. The molecule has 28 heavy (non-hydrogen) atoms. The van der Waals surface area contributed by atoms with Crippen molar-refractivity contribution in [1.29, 1.82) is 0 Å². The fourth-order valence-electron chi connectivity index (χ4n) is 4.27. The number of rotatable bonds is 10. The maximum Gasteiger partial charge on any atom is 0.223 e. The van der Waals surface area contributed by atoms with Crippen LogP contribution in [0.2, 0.25) is 0 Å². The summed E-state index contributed by atoms with van der Waals surface area (Å²) in [5.41, 5.74) is 2.37. The molecule has 0 radical (unpaired) electrons. The summed E-state index contributed by atoms with van der Waals surface area (Å²) >= 11 is 0. The van der Waals surface area contributed by atoms with Crippen molar-refractivity contribution < 1.29 is 4.79 Å². The van der Waals surface area contributed by atoms with Crippen LogP contribution in [0.3, 0.4) is 0 Å². The summed E-state index contributed by atoms with van der Waals surface area (Å²) in [7, 11) is 0. The molecule has 3 rings (SSSR count). The second-order valence-electron chi connectivity index (χ2n) is 8.58. The second-order valence-corrected chi connectivity index (χ2v) is 8.58. The van der Waals surface area contributed by atoms with Gasteiger partial charge >= 0.3 is 0 Å². The third-order valence-corrected chi connectivity index (χ3v) is 6.28. The van der Waals surface area contributed by atoms with Crippen molar-refractivity contribution in [2.75, 3.05) is 6.54 Å². The smallest absolute Gasteiger partial charge is 0.223 e. The summed E-state index contributed by atoms with van der Waals surface area (Å²) in [5.74, 6) is 2.43. The number of amides is 1. The molecule has 4 heteroatoms. The summed E-state index contributed by atoms with van der Waals surface area (Å²) in [6, 6.07) is 8.49. The number of nitrogens with zero attached hydrogens (tertiary/aromatic N) is 2. The molecule has 1 unspecified atom stereocenters. The predicted octanol–water partition coefficient (Wildman–Crippen LogP) is 5.49. The first kappa shape index (κ1) is 20.9. The Morgan fingerprint density at radius 3 is 2.75 bits per heavy atom. The number of fused-ring (bicyclic) bond motifs is 1. The lowest BCUT2D eigenvalue weighted by atomic mass is 9.89. The highest BCUT2D eigenvalue weighted by Gasteiger charge is 2.20. The van der Waals surface area contributed by atoms with Gasteiger partial charge in [-0.2, -0.15) is 0 Å². The van der Waals surface area contributed by atoms with Crippen molar-refractivity contribution in [2.24, 2.45) is 11.8 Å². The van der Waals surface area contributed by atoms with Crippen LogP contribution in [0.5, 0.6) is 0 Å². The van der Waals surface area contributed by atoms with Gasteiger partial charge in [0, 0.05) is 25.4 Å². The molecule has 2 aromatic rings. The van der Waals surface area contributed by atoms with Crippen LogP contribution < -0.4 is 5.32 Å². The minimum absolute atomic E-state index is 0.272. The molecule has 1 amide bonds. The fraction of sp³-hybridized carbons (Fsp3) is 0.667. The van der Waals surface area contributed by atoms with E-state index >= 15 is 0 Å². The molecule has 0 saturated heterocycles. The van der Waals surface area contributed by atoms with E-state index in [1.54, 1.807) is 0 Å². The summed E-state index contributed by atoms with van der Waals surface area (Å²) in [4.78, 5) is 17.1. The maximum atomic E-state index is 12.2. The summed E-state index contributed by atoms with van der Waals surface area (Å²) in [6.45, 7) is 6.43. The first-order valence-corrected chi connectivity index (χ1v) is 11.4. The van der Waals surface area contributed by atoms with E-state index in [0.29, 0.717) is 5.92 Å². The van der Waals surface area contributed by atoms with Crippen LogP contribution in [0, 0.1) is 11.8 Å². The average molecular weight is 384 g/mol. The summed E-state index contributed by atoms with van der Waals surface area (Å²) in [5, 5.41) is 3.16. The molecule has 1 aliphatic carbocycles. The van der Waals surface area contributed by atoms with Gasteiger partial charge in [-0.3, -0.25) is 4.79 Å². The second kappa shape index (κ2) is 10.6. The van der Waals surface area contributed by atoms with Gasteiger partial charge in [-0.15, -0.1) is 0 Å². The van der Waals surface area contributed by atoms with E-state index in [2.05, 4.69) is 48.0 Å². The van der Waals surface area contributed by atoms with Gasteiger partial charge in [-0.05, 0) is 43.7 Å². The summed E-state index contributed by atoms with van der Waals surface area (Å²) in [6.07, 6.45) is 11.4. The molecule has 1 aromatic carbocycles. The zero-order valence-corrected chi connectivity index (χ0v) is 17.8. The van der Waals surface area contributed by atoms with Gasteiger partial charge in [0.15, 0.2) is 0 Å². The fourth-order valence-corrected chi connectivity index (χ4v) is 4.27. The number of hydrogen-bond acceptors (Lipinski definition) is 2. The van der Waals surface area contributed by atoms with Gasteiger partial charge in [0.05, 0.1) is 11.0 Å². The number of carbonyl (C=O) groups excluding carboxylic acids is 1. The first-order chi connectivity index (χ1) is 13.7. The number of nitrogens with one attached hydrogen (secondary N) is 1. The van der Waals surface area contributed by atoms with Crippen LogP contribution in [-0.4, -0.2) is 22.0 Å². The highest BCUT2D eigenvalue weighted by molar-refractivity contribution is 5.78. The predicted molar refractivity (Wildman–Crippen MR) is 116 cm³/mol. The zero-order valence-electron chi connectivity index (χ0n) is 17.8. The molecular weight excluding hydrogens is 346 g/mol. The van der Waals surface area contributed by atoms with Crippen molar-refractivity contribution in [3.05, 3.63) is 30.1 Å². The van der Waals surface area contributed by atoms with Gasteiger partial charge in [0.1, 0.15) is 5.82 Å². The molecule has 0 bridgehead atoms. The Bertz CT molecular complexity index is 745. The quantitative estimate of drug-likeness (QED) is 0.551. The van der Waals surface area contributed by atoms with E-state index in [4.69, 9.17) is 4.98 Å². The molecule has 1 N–H and O–H groups in total. The minimum atomic E-state index is 0.272. The number of imidazole rings is 1. The number of aryl methyl sites for hydroxylation is 1. The Morgan fingerprint density at radius 2 is 1.96 bits per heavy atom. The number of hydrogen-bond donors (Lipinski definition) is 1. The molecular formula is C24H37N3O. The Morgan fingerprint density at radius 1 is 1.18 bits per heavy atom. The van der Waals surface area contributed by atoms with Crippen LogP contribution in [-0.2, 0) is 17.8 Å². The SMILES string of the molecule is CCC(C)Cn1c(CCCCCNC(=O)C2CCCCC2)nc2ccccc21. The largest absolute Gasteiger partial charge is 0.356 e.